The lowest BCUT2D eigenvalue weighted by Gasteiger charge is -2.35. The van der Waals surface area contributed by atoms with Crippen LogP contribution in [-0.4, -0.2) is 40.3 Å². The number of nitrogens with zero attached hydrogens (tertiary/aromatic N) is 2. The molecule has 6 nitrogen and oxygen atoms in total. The predicted molar refractivity (Wildman–Crippen MR) is 92.9 cm³/mol. The maximum atomic E-state index is 12.8. The van der Waals surface area contributed by atoms with Gasteiger partial charge in [0.2, 0.25) is 10.0 Å². The molecule has 0 N–H and O–H groups in total. The van der Waals surface area contributed by atoms with E-state index in [1.807, 2.05) is 30.3 Å². The van der Waals surface area contributed by atoms with Gasteiger partial charge in [0.05, 0.1) is 18.5 Å². The number of para-hydroxylation sites is 3. The van der Waals surface area contributed by atoms with Crippen LogP contribution < -0.4 is 13.9 Å². The summed E-state index contributed by atoms with van der Waals surface area (Å²) in [7, 11) is -1.87. The molecule has 1 aliphatic heterocycles. The summed E-state index contributed by atoms with van der Waals surface area (Å²) in [5.41, 5.74) is 1.17. The van der Waals surface area contributed by atoms with E-state index in [1.165, 1.54) is 9.21 Å². The number of carbonyl (C=O) groups is 1. The summed E-state index contributed by atoms with van der Waals surface area (Å²) in [6.07, 6.45) is 0.220. The number of anilines is 2. The summed E-state index contributed by atoms with van der Waals surface area (Å²) in [6.45, 7) is -0.0497. The van der Waals surface area contributed by atoms with Gasteiger partial charge in [0.25, 0.3) is 5.91 Å². The summed E-state index contributed by atoms with van der Waals surface area (Å²) in [6, 6.07) is 15.9. The first-order valence-electron chi connectivity index (χ1n) is 7.44. The van der Waals surface area contributed by atoms with Crippen molar-refractivity contribution in [1.82, 2.24) is 0 Å². The van der Waals surface area contributed by atoms with Crippen LogP contribution in [0.2, 0.25) is 0 Å². The van der Waals surface area contributed by atoms with Gasteiger partial charge in [0, 0.05) is 12.7 Å². The Labute approximate surface area is 141 Å². The molecule has 1 aliphatic rings. The third-order valence-corrected chi connectivity index (χ3v) is 5.03. The zero-order chi connectivity index (χ0) is 17.3. The minimum atomic E-state index is -3.51. The molecular weight excluding hydrogens is 328 g/mol. The number of carbonyl (C=O) groups excluding carboxylic acids is 1. The highest BCUT2D eigenvalue weighted by Crippen LogP contribution is 2.35. The van der Waals surface area contributed by atoms with Crippen molar-refractivity contribution >= 4 is 27.3 Å². The molecule has 0 bridgehead atoms. The molecule has 0 aromatic heterocycles. The van der Waals surface area contributed by atoms with Gasteiger partial charge in [-0.05, 0) is 24.3 Å². The first-order chi connectivity index (χ1) is 11.4. The minimum absolute atomic E-state index is 0.0497. The van der Waals surface area contributed by atoms with Gasteiger partial charge in [-0.15, -0.1) is 0 Å². The third kappa shape index (κ3) is 3.07. The van der Waals surface area contributed by atoms with E-state index in [4.69, 9.17) is 4.74 Å². The second-order valence-corrected chi connectivity index (χ2v) is 7.51. The van der Waals surface area contributed by atoms with Gasteiger partial charge in [-0.25, -0.2) is 8.42 Å². The summed E-state index contributed by atoms with van der Waals surface area (Å²) in [5, 5.41) is 0. The van der Waals surface area contributed by atoms with E-state index in [9.17, 15) is 13.2 Å². The Kier molecular flexibility index (Phi) is 4.19. The number of amides is 1. The molecule has 2 aromatic rings. The van der Waals surface area contributed by atoms with Crippen LogP contribution in [0.25, 0.3) is 0 Å². The molecule has 1 heterocycles. The van der Waals surface area contributed by atoms with Gasteiger partial charge in [-0.3, -0.25) is 9.10 Å². The maximum absolute atomic E-state index is 12.8. The van der Waals surface area contributed by atoms with E-state index in [0.717, 1.165) is 11.9 Å². The molecule has 1 amide bonds. The molecule has 0 unspecified atom stereocenters. The zero-order valence-electron chi connectivity index (χ0n) is 13.4. The van der Waals surface area contributed by atoms with Crippen LogP contribution in [0.3, 0.4) is 0 Å². The first-order valence-corrected chi connectivity index (χ1v) is 9.29. The van der Waals surface area contributed by atoms with Crippen molar-refractivity contribution < 1.29 is 17.9 Å². The van der Waals surface area contributed by atoms with Crippen molar-refractivity contribution in [2.24, 2.45) is 0 Å². The molecule has 0 radical (unpaired) electrons. The van der Waals surface area contributed by atoms with Gasteiger partial charge in [-0.2, -0.15) is 0 Å². The van der Waals surface area contributed by atoms with Crippen molar-refractivity contribution in [1.29, 1.82) is 0 Å². The van der Waals surface area contributed by atoms with Crippen LogP contribution in [0.4, 0.5) is 11.4 Å². The van der Waals surface area contributed by atoms with Gasteiger partial charge in [0.15, 0.2) is 6.10 Å². The fourth-order valence-corrected chi connectivity index (χ4v) is 3.55. The number of ether oxygens (including phenoxy) is 1. The Balaban J connectivity index is 1.92. The molecule has 0 saturated heterocycles. The van der Waals surface area contributed by atoms with Gasteiger partial charge in [-0.1, -0.05) is 30.3 Å². The SMILES string of the molecule is CN(C(=O)[C@H]1CN(S(C)(=O)=O)c2ccccc2O1)c1ccccc1. The normalized spacial score (nSPS) is 16.9. The second kappa shape index (κ2) is 6.16. The summed E-state index contributed by atoms with van der Waals surface area (Å²) >= 11 is 0. The summed E-state index contributed by atoms with van der Waals surface area (Å²) in [5.74, 6) is 0.0818. The smallest absolute Gasteiger partial charge is 0.269 e. The largest absolute Gasteiger partial charge is 0.476 e. The van der Waals surface area contributed by atoms with Gasteiger partial charge < -0.3 is 9.64 Å². The van der Waals surface area contributed by atoms with Crippen molar-refractivity contribution in [2.75, 3.05) is 29.1 Å². The van der Waals surface area contributed by atoms with E-state index in [-0.39, 0.29) is 12.5 Å². The second-order valence-electron chi connectivity index (χ2n) is 5.60. The number of hydrogen-bond acceptors (Lipinski definition) is 4. The van der Waals surface area contributed by atoms with Crippen LogP contribution in [0, 0.1) is 0 Å². The topological polar surface area (TPSA) is 66.9 Å². The van der Waals surface area contributed by atoms with Gasteiger partial charge in [0.1, 0.15) is 5.75 Å². The van der Waals surface area contributed by atoms with Crippen LogP contribution >= 0.6 is 0 Å². The van der Waals surface area contributed by atoms with E-state index in [1.54, 1.807) is 31.3 Å². The Bertz CT molecular complexity index is 852. The average Bonchev–Trinajstić information content (AvgIpc) is 2.59. The molecule has 0 saturated carbocycles. The van der Waals surface area contributed by atoms with Crippen molar-refractivity contribution in [3.05, 3.63) is 54.6 Å². The highest BCUT2D eigenvalue weighted by atomic mass is 32.2. The third-order valence-electron chi connectivity index (χ3n) is 3.88. The van der Waals surface area contributed by atoms with E-state index in [0.29, 0.717) is 11.4 Å². The molecule has 24 heavy (non-hydrogen) atoms. The Morgan fingerprint density at radius 1 is 1.12 bits per heavy atom. The zero-order valence-corrected chi connectivity index (χ0v) is 14.2. The number of rotatable bonds is 3. The molecule has 126 valence electrons. The number of hydrogen-bond donors (Lipinski definition) is 0. The lowest BCUT2D eigenvalue weighted by Crippen LogP contribution is -2.51. The Morgan fingerprint density at radius 2 is 1.75 bits per heavy atom. The number of sulfonamides is 1. The van der Waals surface area contributed by atoms with Crippen LogP contribution in [0.1, 0.15) is 0 Å². The fourth-order valence-electron chi connectivity index (χ4n) is 2.64. The number of benzene rings is 2. The summed E-state index contributed by atoms with van der Waals surface area (Å²) < 4.78 is 31.2. The molecule has 3 rings (SSSR count). The number of fused-ring (bicyclic) bond motifs is 1. The Morgan fingerprint density at radius 3 is 2.42 bits per heavy atom. The van der Waals surface area contributed by atoms with Crippen LogP contribution in [0.15, 0.2) is 54.6 Å². The van der Waals surface area contributed by atoms with Crippen molar-refractivity contribution in [3.8, 4) is 5.75 Å². The molecule has 0 fully saturated rings. The predicted octanol–water partition coefficient (Wildman–Crippen LogP) is 1.88. The van der Waals surface area contributed by atoms with Crippen LogP contribution in [-0.2, 0) is 14.8 Å². The summed E-state index contributed by atoms with van der Waals surface area (Å²) in [4.78, 5) is 14.2. The molecule has 0 aliphatic carbocycles. The first kappa shape index (κ1) is 16.3. The standard InChI is InChI=1S/C17H18N2O4S/c1-18(13-8-4-3-5-9-13)17(20)16-12-19(24(2,21)22)14-10-6-7-11-15(14)23-16/h3-11,16H,12H2,1-2H3/t16-/m1/s1. The van der Waals surface area contributed by atoms with E-state index in [2.05, 4.69) is 0 Å². The molecule has 1 atom stereocenters. The fraction of sp³-hybridized carbons (Fsp3) is 0.235. The molecular formula is C17H18N2O4S. The molecule has 2 aromatic carbocycles. The molecule has 7 heteroatoms. The minimum Gasteiger partial charge on any atom is -0.476 e. The lowest BCUT2D eigenvalue weighted by molar-refractivity contribution is -0.124. The van der Waals surface area contributed by atoms with Crippen LogP contribution in [0.5, 0.6) is 5.75 Å². The molecule has 0 spiro atoms. The average molecular weight is 346 g/mol. The Hall–Kier alpha value is -2.54. The number of likely N-dealkylation sites (N-methyl/N-ethyl adjacent to an activating group) is 1. The van der Waals surface area contributed by atoms with E-state index >= 15 is 0 Å². The van der Waals surface area contributed by atoms with Crippen molar-refractivity contribution in [3.63, 3.8) is 0 Å². The lowest BCUT2D eigenvalue weighted by atomic mass is 10.2. The quantitative estimate of drug-likeness (QED) is 0.851. The van der Waals surface area contributed by atoms with Gasteiger partial charge >= 0.3 is 0 Å². The maximum Gasteiger partial charge on any atom is 0.269 e. The highest BCUT2D eigenvalue weighted by molar-refractivity contribution is 7.92. The van der Waals surface area contributed by atoms with E-state index < -0.39 is 16.1 Å². The monoisotopic (exact) mass is 346 g/mol. The highest BCUT2D eigenvalue weighted by Gasteiger charge is 2.36. The van der Waals surface area contributed by atoms with Crippen molar-refractivity contribution in [2.45, 2.75) is 6.10 Å².